The Morgan fingerprint density at radius 2 is 0.882 bits per heavy atom. The summed E-state index contributed by atoms with van der Waals surface area (Å²) in [7, 11) is 1.72. The second kappa shape index (κ2) is 20.7. The van der Waals surface area contributed by atoms with Crippen molar-refractivity contribution in [2.45, 2.75) is 76.5 Å². The monoisotopic (exact) mass is 710 g/mol. The van der Waals surface area contributed by atoms with Crippen molar-refractivity contribution in [2.24, 2.45) is 0 Å². The molecule has 0 radical (unpaired) electrons. The van der Waals surface area contributed by atoms with E-state index >= 15 is 0 Å². The first-order valence-electron chi connectivity index (χ1n) is 18.9. The van der Waals surface area contributed by atoms with E-state index in [1.165, 1.54) is 31.2 Å². The van der Waals surface area contributed by atoms with Gasteiger partial charge in [-0.1, -0.05) is 50.2 Å². The van der Waals surface area contributed by atoms with Gasteiger partial charge in [-0.25, -0.2) is 13.2 Å². The number of nitrogens with zero attached hydrogens (tertiary/aromatic N) is 3. The van der Waals surface area contributed by atoms with Crippen LogP contribution in [-0.4, -0.2) is 87.3 Å². The maximum atomic E-state index is 13.4. The quantitative estimate of drug-likeness (QED) is 0.195. The first-order chi connectivity index (χ1) is 24.7. The smallest absolute Gasteiger partial charge is 0.146 e. The normalized spacial score (nSPS) is 18.5. The van der Waals surface area contributed by atoms with Crippen LogP contribution >= 0.6 is 0 Å². The highest BCUT2D eigenvalue weighted by Crippen LogP contribution is 2.35. The number of hydrogen-bond acceptors (Lipinski definition) is 7. The number of rotatable bonds is 9. The van der Waals surface area contributed by atoms with Crippen molar-refractivity contribution in [3.63, 3.8) is 0 Å². The van der Waals surface area contributed by atoms with Gasteiger partial charge in [-0.15, -0.1) is 0 Å². The average molecular weight is 711 g/mol. The van der Waals surface area contributed by atoms with E-state index in [0.29, 0.717) is 34.8 Å². The van der Waals surface area contributed by atoms with Gasteiger partial charge in [0.2, 0.25) is 0 Å². The summed E-state index contributed by atoms with van der Waals surface area (Å²) in [6.07, 6.45) is 7.63. The molecule has 3 aromatic carbocycles. The maximum absolute atomic E-state index is 13.4. The molecule has 0 bridgehead atoms. The van der Waals surface area contributed by atoms with Crippen LogP contribution in [0.5, 0.6) is 0 Å². The first-order valence-corrected chi connectivity index (χ1v) is 18.9. The number of methoxy groups -OCH3 is 1. The van der Waals surface area contributed by atoms with Gasteiger partial charge in [-0.3, -0.25) is 0 Å². The fourth-order valence-electron chi connectivity index (χ4n) is 7.76. The van der Waals surface area contributed by atoms with Crippen molar-refractivity contribution in [3.8, 4) is 0 Å². The third kappa shape index (κ3) is 11.6. The van der Waals surface area contributed by atoms with Gasteiger partial charge in [0.15, 0.2) is 0 Å². The lowest BCUT2D eigenvalue weighted by Gasteiger charge is -2.32. The van der Waals surface area contributed by atoms with Gasteiger partial charge >= 0.3 is 0 Å². The molecule has 0 amide bonds. The Labute approximate surface area is 304 Å². The van der Waals surface area contributed by atoms with Gasteiger partial charge in [0.25, 0.3) is 0 Å². The highest BCUT2D eigenvalue weighted by molar-refractivity contribution is 5.51. The molecule has 0 saturated carbocycles. The SMILES string of the molecule is CCCN1CCC(c2cccc(F)c2N)CC1.CCN1CCC(c2cccc(F)c2N)CC1.COCCN1CCC(c2cccc(F)c2N)CC1. The third-order valence-electron chi connectivity index (χ3n) is 10.9. The van der Waals surface area contributed by atoms with E-state index in [1.54, 1.807) is 25.3 Å². The molecule has 3 heterocycles. The molecule has 3 aliphatic heterocycles. The van der Waals surface area contributed by atoms with Gasteiger partial charge in [-0.05, 0) is 150 Å². The van der Waals surface area contributed by atoms with Gasteiger partial charge in [0.05, 0.1) is 23.7 Å². The number of likely N-dealkylation sites (tertiary alicyclic amines) is 3. The summed E-state index contributed by atoms with van der Waals surface area (Å²) < 4.78 is 45.2. The number of halogens is 3. The van der Waals surface area contributed by atoms with Crippen molar-refractivity contribution in [1.29, 1.82) is 0 Å². The second-order valence-corrected chi connectivity index (χ2v) is 14.2. The minimum absolute atomic E-state index is 0.279. The Hall–Kier alpha value is -3.31. The summed E-state index contributed by atoms with van der Waals surface area (Å²) in [5.41, 5.74) is 21.4. The van der Waals surface area contributed by atoms with Crippen LogP contribution in [0.1, 0.15) is 93.2 Å². The number of para-hydroxylation sites is 3. The molecule has 7 nitrogen and oxygen atoms in total. The molecule has 3 aliphatic rings. The zero-order chi connectivity index (χ0) is 36.8. The fourth-order valence-corrected chi connectivity index (χ4v) is 7.76. The van der Waals surface area contributed by atoms with Gasteiger partial charge in [-0.2, -0.15) is 0 Å². The zero-order valence-corrected chi connectivity index (χ0v) is 31.1. The number of nitrogens with two attached hydrogens (primary N) is 3. The molecule has 0 aromatic heterocycles. The van der Waals surface area contributed by atoms with Crippen molar-refractivity contribution >= 4 is 17.1 Å². The molecular weight excluding hydrogens is 649 g/mol. The number of nitrogen functional groups attached to an aromatic ring is 3. The van der Waals surface area contributed by atoms with Crippen molar-refractivity contribution in [1.82, 2.24) is 14.7 Å². The van der Waals surface area contributed by atoms with E-state index in [9.17, 15) is 13.2 Å². The molecular formula is C41H61F3N6O. The maximum Gasteiger partial charge on any atom is 0.146 e. The van der Waals surface area contributed by atoms with Gasteiger partial charge < -0.3 is 36.6 Å². The number of benzene rings is 3. The Morgan fingerprint density at radius 1 is 0.549 bits per heavy atom. The molecule has 3 fully saturated rings. The Kier molecular flexibility index (Phi) is 16.4. The predicted molar refractivity (Wildman–Crippen MR) is 206 cm³/mol. The molecule has 51 heavy (non-hydrogen) atoms. The van der Waals surface area contributed by atoms with Crippen LogP contribution in [0.3, 0.4) is 0 Å². The van der Waals surface area contributed by atoms with Crippen LogP contribution in [-0.2, 0) is 4.74 Å². The number of ether oxygens (including phenoxy) is 1. The van der Waals surface area contributed by atoms with E-state index in [0.717, 1.165) is 114 Å². The van der Waals surface area contributed by atoms with Crippen LogP contribution in [0, 0.1) is 17.5 Å². The zero-order valence-electron chi connectivity index (χ0n) is 31.1. The summed E-state index contributed by atoms with van der Waals surface area (Å²) in [4.78, 5) is 7.29. The van der Waals surface area contributed by atoms with Crippen molar-refractivity contribution in [3.05, 3.63) is 88.7 Å². The van der Waals surface area contributed by atoms with Gasteiger partial charge in [0.1, 0.15) is 17.5 Å². The summed E-state index contributed by atoms with van der Waals surface area (Å²) in [6.45, 7) is 14.9. The topological polar surface area (TPSA) is 97.0 Å². The predicted octanol–water partition coefficient (Wildman–Crippen LogP) is 7.84. The first kappa shape index (κ1) is 40.5. The molecule has 3 saturated heterocycles. The van der Waals surface area contributed by atoms with Crippen LogP contribution in [0.25, 0.3) is 0 Å². The fraction of sp³-hybridized carbons (Fsp3) is 0.561. The minimum atomic E-state index is -0.297. The Balaban J connectivity index is 0.000000172. The molecule has 0 spiro atoms. The highest BCUT2D eigenvalue weighted by atomic mass is 19.1. The molecule has 0 atom stereocenters. The number of anilines is 3. The second-order valence-electron chi connectivity index (χ2n) is 14.2. The Morgan fingerprint density at radius 3 is 1.20 bits per heavy atom. The summed E-state index contributed by atoms with van der Waals surface area (Å²) in [5.74, 6) is 0.389. The molecule has 6 rings (SSSR count). The standard InChI is InChI=1S/C14H21FN2O.C14H21FN2.C13H19FN2/c1-18-10-9-17-7-5-11(6-8-17)12-3-2-4-13(15)14(12)16;1-2-8-17-9-6-11(7-10-17)12-4-3-5-13(15)14(12)16;1-2-16-8-6-10(7-9-16)11-4-3-5-12(14)13(11)15/h2-4,11H,5-10,16H2,1H3;3-5,11H,2,6-10,16H2,1H3;3-5,10H,2,6-9,15H2,1H3. The summed E-state index contributed by atoms with van der Waals surface area (Å²) in [6, 6.07) is 15.4. The van der Waals surface area contributed by atoms with Crippen LogP contribution < -0.4 is 17.2 Å². The lowest BCUT2D eigenvalue weighted by atomic mass is 9.88. The minimum Gasteiger partial charge on any atom is -0.396 e. The molecule has 6 N–H and O–H groups in total. The van der Waals surface area contributed by atoms with E-state index < -0.39 is 0 Å². The number of hydrogen-bond donors (Lipinski definition) is 3. The van der Waals surface area contributed by atoms with Crippen molar-refractivity contribution < 1.29 is 17.9 Å². The van der Waals surface area contributed by atoms with Crippen LogP contribution in [0.2, 0.25) is 0 Å². The summed E-state index contributed by atoms with van der Waals surface area (Å²) >= 11 is 0. The molecule has 10 heteroatoms. The third-order valence-corrected chi connectivity index (χ3v) is 10.9. The lowest BCUT2D eigenvalue weighted by Crippen LogP contribution is -2.35. The van der Waals surface area contributed by atoms with E-state index in [-0.39, 0.29) is 17.5 Å². The Bertz CT molecular complexity index is 1470. The number of piperidine rings is 3. The van der Waals surface area contributed by atoms with E-state index in [1.807, 2.05) is 18.2 Å². The van der Waals surface area contributed by atoms with E-state index in [2.05, 4.69) is 28.5 Å². The molecule has 282 valence electrons. The average Bonchev–Trinajstić information content (AvgIpc) is 3.15. The lowest BCUT2D eigenvalue weighted by molar-refractivity contribution is 0.130. The van der Waals surface area contributed by atoms with Crippen LogP contribution in [0.4, 0.5) is 30.2 Å². The molecule has 0 aliphatic carbocycles. The largest absolute Gasteiger partial charge is 0.396 e. The highest BCUT2D eigenvalue weighted by Gasteiger charge is 2.24. The van der Waals surface area contributed by atoms with Gasteiger partial charge in [0, 0.05) is 13.7 Å². The molecule has 3 aromatic rings. The van der Waals surface area contributed by atoms with Crippen molar-refractivity contribution in [2.75, 3.05) is 89.8 Å². The van der Waals surface area contributed by atoms with Crippen LogP contribution in [0.15, 0.2) is 54.6 Å². The molecule has 0 unspecified atom stereocenters. The summed E-state index contributed by atoms with van der Waals surface area (Å²) in [5, 5.41) is 0. The van der Waals surface area contributed by atoms with E-state index in [4.69, 9.17) is 21.9 Å².